The third-order valence-corrected chi connectivity index (χ3v) is 3.25. The Bertz CT molecular complexity index is 619. The number of hydrogen-bond donors (Lipinski definition) is 2. The fraction of sp³-hybridized carbons (Fsp3) is 0.250. The van der Waals surface area contributed by atoms with E-state index >= 15 is 0 Å². The number of urea groups is 1. The van der Waals surface area contributed by atoms with Gasteiger partial charge in [-0.25, -0.2) is 14.2 Å². The fourth-order valence-electron chi connectivity index (χ4n) is 2.09. The van der Waals surface area contributed by atoms with Gasteiger partial charge in [0.25, 0.3) is 0 Å². The standard InChI is InChI=1S/C16H19FN4O/c1-21(2)14(12-7-4-3-5-8-12)11-19-16(22)20-15-13(17)9-6-10-18-15/h3-10,14H,11H2,1-2H3,(H2,18,19,20,22)/t14-/m1/s1. The van der Waals surface area contributed by atoms with Crippen molar-refractivity contribution in [1.82, 2.24) is 15.2 Å². The van der Waals surface area contributed by atoms with Crippen LogP contribution in [-0.4, -0.2) is 36.6 Å². The van der Waals surface area contributed by atoms with E-state index in [-0.39, 0.29) is 11.9 Å². The predicted octanol–water partition coefficient (Wildman–Crippen LogP) is 2.65. The van der Waals surface area contributed by atoms with Gasteiger partial charge in [-0.15, -0.1) is 0 Å². The van der Waals surface area contributed by atoms with Crippen molar-refractivity contribution in [2.24, 2.45) is 0 Å². The molecule has 2 amide bonds. The molecule has 0 fully saturated rings. The molecule has 5 nitrogen and oxygen atoms in total. The van der Waals surface area contributed by atoms with Gasteiger partial charge in [-0.05, 0) is 31.8 Å². The van der Waals surface area contributed by atoms with Gasteiger partial charge in [0.1, 0.15) is 0 Å². The number of likely N-dealkylation sites (N-methyl/N-ethyl adjacent to an activating group) is 1. The maximum Gasteiger partial charge on any atom is 0.320 e. The first-order valence-electron chi connectivity index (χ1n) is 6.94. The second-order valence-electron chi connectivity index (χ2n) is 5.06. The summed E-state index contributed by atoms with van der Waals surface area (Å²) in [6.07, 6.45) is 1.42. The molecule has 2 N–H and O–H groups in total. The van der Waals surface area contributed by atoms with Crippen molar-refractivity contribution in [1.29, 1.82) is 0 Å². The molecule has 1 aromatic carbocycles. The van der Waals surface area contributed by atoms with Crippen LogP contribution in [0.2, 0.25) is 0 Å². The first-order chi connectivity index (χ1) is 10.6. The summed E-state index contributed by atoms with van der Waals surface area (Å²) < 4.78 is 13.4. The van der Waals surface area contributed by atoms with Crippen LogP contribution in [0.5, 0.6) is 0 Å². The van der Waals surface area contributed by atoms with E-state index in [2.05, 4.69) is 15.6 Å². The summed E-state index contributed by atoms with van der Waals surface area (Å²) in [5, 5.41) is 5.14. The van der Waals surface area contributed by atoms with Crippen LogP contribution in [0, 0.1) is 5.82 Å². The lowest BCUT2D eigenvalue weighted by Crippen LogP contribution is -2.37. The number of carbonyl (C=O) groups excluding carboxylic acids is 1. The van der Waals surface area contributed by atoms with E-state index < -0.39 is 11.8 Å². The van der Waals surface area contributed by atoms with Crippen LogP contribution >= 0.6 is 0 Å². The van der Waals surface area contributed by atoms with Gasteiger partial charge in [0.2, 0.25) is 0 Å². The Morgan fingerprint density at radius 2 is 1.95 bits per heavy atom. The first-order valence-corrected chi connectivity index (χ1v) is 6.94. The zero-order valence-corrected chi connectivity index (χ0v) is 12.6. The molecular formula is C16H19FN4O. The van der Waals surface area contributed by atoms with E-state index in [1.54, 1.807) is 0 Å². The molecule has 2 rings (SSSR count). The summed E-state index contributed by atoms with van der Waals surface area (Å²) in [5.41, 5.74) is 1.09. The van der Waals surface area contributed by atoms with Crippen LogP contribution in [-0.2, 0) is 0 Å². The summed E-state index contributed by atoms with van der Waals surface area (Å²) in [5.74, 6) is -0.647. The Morgan fingerprint density at radius 3 is 2.59 bits per heavy atom. The Morgan fingerprint density at radius 1 is 1.23 bits per heavy atom. The lowest BCUT2D eigenvalue weighted by Gasteiger charge is -2.25. The number of amides is 2. The highest BCUT2D eigenvalue weighted by Gasteiger charge is 2.15. The van der Waals surface area contributed by atoms with Crippen molar-refractivity contribution in [2.45, 2.75) is 6.04 Å². The largest absolute Gasteiger partial charge is 0.336 e. The highest BCUT2D eigenvalue weighted by molar-refractivity contribution is 5.88. The summed E-state index contributed by atoms with van der Waals surface area (Å²) in [6, 6.07) is 12.1. The lowest BCUT2D eigenvalue weighted by molar-refractivity contribution is 0.243. The summed E-state index contributed by atoms with van der Waals surface area (Å²) >= 11 is 0. The molecule has 0 saturated heterocycles. The molecule has 0 bridgehead atoms. The highest BCUT2D eigenvalue weighted by atomic mass is 19.1. The van der Waals surface area contributed by atoms with Crippen LogP contribution in [0.1, 0.15) is 11.6 Å². The molecule has 1 aromatic heterocycles. The molecular weight excluding hydrogens is 283 g/mol. The second-order valence-corrected chi connectivity index (χ2v) is 5.06. The van der Waals surface area contributed by atoms with Gasteiger partial charge < -0.3 is 10.2 Å². The minimum Gasteiger partial charge on any atom is -0.336 e. The normalized spacial score (nSPS) is 12.0. The van der Waals surface area contributed by atoms with E-state index in [4.69, 9.17) is 0 Å². The molecule has 1 heterocycles. The molecule has 0 unspecified atom stereocenters. The summed E-state index contributed by atoms with van der Waals surface area (Å²) in [7, 11) is 3.88. The smallest absolute Gasteiger partial charge is 0.320 e. The number of carbonyl (C=O) groups is 1. The van der Waals surface area contributed by atoms with Crippen LogP contribution in [0.4, 0.5) is 15.0 Å². The van der Waals surface area contributed by atoms with E-state index in [0.717, 1.165) is 5.56 Å². The fourth-order valence-corrected chi connectivity index (χ4v) is 2.09. The second kappa shape index (κ2) is 7.51. The van der Waals surface area contributed by atoms with E-state index in [9.17, 15) is 9.18 Å². The van der Waals surface area contributed by atoms with Crippen molar-refractivity contribution in [3.63, 3.8) is 0 Å². The van der Waals surface area contributed by atoms with Gasteiger partial charge in [0, 0.05) is 12.7 Å². The molecule has 0 saturated carbocycles. The van der Waals surface area contributed by atoms with Crippen molar-refractivity contribution >= 4 is 11.8 Å². The van der Waals surface area contributed by atoms with Gasteiger partial charge in [-0.2, -0.15) is 0 Å². The van der Waals surface area contributed by atoms with Gasteiger partial charge in [0.05, 0.1) is 6.04 Å². The molecule has 22 heavy (non-hydrogen) atoms. The minimum absolute atomic E-state index is 0.0283. The van der Waals surface area contributed by atoms with Crippen LogP contribution in [0.15, 0.2) is 48.7 Å². The average Bonchev–Trinajstić information content (AvgIpc) is 2.50. The van der Waals surface area contributed by atoms with Gasteiger partial charge >= 0.3 is 6.03 Å². The average molecular weight is 302 g/mol. The predicted molar refractivity (Wildman–Crippen MR) is 84.1 cm³/mol. The van der Waals surface area contributed by atoms with Crippen molar-refractivity contribution in [3.05, 3.63) is 60.0 Å². The number of anilines is 1. The number of pyridine rings is 1. The molecule has 0 spiro atoms. The van der Waals surface area contributed by atoms with Crippen molar-refractivity contribution in [2.75, 3.05) is 26.0 Å². The quantitative estimate of drug-likeness (QED) is 0.892. The van der Waals surface area contributed by atoms with Crippen molar-refractivity contribution in [3.8, 4) is 0 Å². The van der Waals surface area contributed by atoms with E-state index in [1.807, 2.05) is 49.3 Å². The molecule has 2 aromatic rings. The Balaban J connectivity index is 1.95. The lowest BCUT2D eigenvalue weighted by atomic mass is 10.1. The van der Waals surface area contributed by atoms with Crippen LogP contribution in [0.25, 0.3) is 0 Å². The molecule has 0 aliphatic heterocycles. The maximum absolute atomic E-state index is 13.4. The van der Waals surface area contributed by atoms with Gasteiger partial charge in [0.15, 0.2) is 11.6 Å². The molecule has 0 aliphatic rings. The number of nitrogens with zero attached hydrogens (tertiary/aromatic N) is 2. The molecule has 0 radical (unpaired) electrons. The topological polar surface area (TPSA) is 57.3 Å². The van der Waals surface area contributed by atoms with Crippen LogP contribution in [0.3, 0.4) is 0 Å². The SMILES string of the molecule is CN(C)[C@H](CNC(=O)Nc1ncccc1F)c1ccccc1. The maximum atomic E-state index is 13.4. The number of halogens is 1. The molecule has 116 valence electrons. The molecule has 0 aliphatic carbocycles. The van der Waals surface area contributed by atoms with E-state index in [1.165, 1.54) is 18.3 Å². The Hall–Kier alpha value is -2.47. The number of rotatable bonds is 5. The Labute approximate surface area is 129 Å². The number of nitrogens with one attached hydrogen (secondary N) is 2. The molecule has 6 heteroatoms. The van der Waals surface area contributed by atoms with Gasteiger partial charge in [-0.1, -0.05) is 30.3 Å². The number of aromatic nitrogens is 1. The van der Waals surface area contributed by atoms with E-state index in [0.29, 0.717) is 6.54 Å². The zero-order valence-electron chi connectivity index (χ0n) is 12.6. The monoisotopic (exact) mass is 302 g/mol. The first kappa shape index (κ1) is 15.9. The third kappa shape index (κ3) is 4.26. The van der Waals surface area contributed by atoms with Gasteiger partial charge in [-0.3, -0.25) is 5.32 Å². The zero-order chi connectivity index (χ0) is 15.9. The number of hydrogen-bond acceptors (Lipinski definition) is 3. The third-order valence-electron chi connectivity index (χ3n) is 3.25. The van der Waals surface area contributed by atoms with Crippen LogP contribution < -0.4 is 10.6 Å². The minimum atomic E-state index is -0.565. The molecule has 1 atom stereocenters. The Kier molecular flexibility index (Phi) is 5.43. The highest BCUT2D eigenvalue weighted by Crippen LogP contribution is 2.16. The van der Waals surface area contributed by atoms with Crippen molar-refractivity contribution < 1.29 is 9.18 Å². The summed E-state index contributed by atoms with van der Waals surface area (Å²) in [6.45, 7) is 0.400. The summed E-state index contributed by atoms with van der Waals surface area (Å²) in [4.78, 5) is 17.7. The number of benzene rings is 1.